The fraction of sp³-hybridized carbons (Fsp3) is 0.588. The molecule has 0 saturated carbocycles. The molecule has 8 atom stereocenters. The number of alkyl halides is 1. The van der Waals surface area contributed by atoms with Gasteiger partial charge in [0.25, 0.3) is 0 Å². The van der Waals surface area contributed by atoms with Gasteiger partial charge in [-0.15, -0.1) is 13.2 Å². The molecule has 3 fully saturated rings. The summed E-state index contributed by atoms with van der Waals surface area (Å²) in [4.78, 5) is 58.3. The first-order valence-electron chi connectivity index (χ1n) is 15.7. The molecule has 3 saturated heterocycles. The van der Waals surface area contributed by atoms with Gasteiger partial charge >= 0.3 is 5.97 Å². The second kappa shape index (κ2) is 14.8. The summed E-state index contributed by atoms with van der Waals surface area (Å²) in [7, 11) is 1.49. The van der Waals surface area contributed by atoms with Gasteiger partial charge in [-0.3, -0.25) is 19.2 Å². The van der Waals surface area contributed by atoms with E-state index in [2.05, 4.69) is 34.4 Å². The van der Waals surface area contributed by atoms with Crippen molar-refractivity contribution in [1.29, 1.82) is 0 Å². The van der Waals surface area contributed by atoms with E-state index in [1.165, 1.54) is 12.0 Å². The van der Waals surface area contributed by atoms with Crippen molar-refractivity contribution in [3.05, 3.63) is 61.2 Å². The Hall–Kier alpha value is -3.06. The third-order valence-electron chi connectivity index (χ3n) is 9.03. The van der Waals surface area contributed by atoms with Crippen LogP contribution in [0.3, 0.4) is 0 Å². The van der Waals surface area contributed by atoms with Gasteiger partial charge in [-0.1, -0.05) is 58.4 Å². The Kier molecular flexibility index (Phi) is 11.5. The second-order valence-electron chi connectivity index (χ2n) is 13.1. The van der Waals surface area contributed by atoms with Crippen molar-refractivity contribution in [2.24, 2.45) is 11.8 Å². The number of benzene rings is 1. The summed E-state index contributed by atoms with van der Waals surface area (Å²) in [5, 5.41) is 12.9. The number of aliphatic hydroxyl groups excluding tert-OH is 1. The van der Waals surface area contributed by atoms with E-state index in [1.807, 2.05) is 26.8 Å². The van der Waals surface area contributed by atoms with Crippen LogP contribution >= 0.6 is 15.9 Å². The Morgan fingerprint density at radius 1 is 1.24 bits per heavy atom. The van der Waals surface area contributed by atoms with Gasteiger partial charge in [-0.25, -0.2) is 0 Å². The number of nitrogens with one attached hydrogen (secondary N) is 1. The van der Waals surface area contributed by atoms with E-state index >= 15 is 0 Å². The fourth-order valence-corrected chi connectivity index (χ4v) is 8.07. The summed E-state index contributed by atoms with van der Waals surface area (Å²) in [5.74, 6) is -3.76. The Morgan fingerprint density at radius 3 is 2.52 bits per heavy atom. The van der Waals surface area contributed by atoms with Gasteiger partial charge in [0.2, 0.25) is 17.7 Å². The zero-order chi connectivity index (χ0) is 33.8. The van der Waals surface area contributed by atoms with Gasteiger partial charge in [-0.2, -0.15) is 0 Å². The Labute approximate surface area is 279 Å². The van der Waals surface area contributed by atoms with Gasteiger partial charge in [0.05, 0.1) is 37.2 Å². The van der Waals surface area contributed by atoms with E-state index in [9.17, 15) is 24.3 Å². The van der Waals surface area contributed by atoms with Crippen LogP contribution in [0.1, 0.15) is 51.7 Å². The molecule has 252 valence electrons. The maximum absolute atomic E-state index is 14.4. The first-order chi connectivity index (χ1) is 21.9. The highest BCUT2D eigenvalue weighted by molar-refractivity contribution is 9.09. The van der Waals surface area contributed by atoms with Gasteiger partial charge in [0, 0.05) is 37.0 Å². The molecular weight excluding hydrogens is 658 g/mol. The molecule has 0 radical (unpaired) electrons. The molecule has 3 aliphatic heterocycles. The van der Waals surface area contributed by atoms with Crippen molar-refractivity contribution in [3.63, 3.8) is 0 Å². The summed E-state index contributed by atoms with van der Waals surface area (Å²) in [6, 6.07) is 7.23. The number of hydrogen-bond donors (Lipinski definition) is 2. The lowest BCUT2D eigenvalue weighted by Gasteiger charge is -2.42. The van der Waals surface area contributed by atoms with E-state index in [1.54, 1.807) is 41.3 Å². The number of fused-ring (bicyclic) bond motifs is 1. The lowest BCUT2D eigenvalue weighted by molar-refractivity contribution is -0.163. The summed E-state index contributed by atoms with van der Waals surface area (Å²) < 4.78 is 18.3. The van der Waals surface area contributed by atoms with Crippen LogP contribution in [0.15, 0.2) is 55.6 Å². The number of methoxy groups -OCH3 is 1. The standard InChI is InChI=1S/C34H46BrN3O8/c1-7-9-15-24(40)36-23(20-44-6)27(21-13-11-10-12-14-21)45-32(43)25-26-30(41)37(17-18-39)29(34(26)19-22(35)28(25)46-34)31(42)38(16-8-2)33(3,4)5/h7-8,10-14,22-23,25-29,39H,1-2,9,15-20H2,3-6H3,(H,36,40)/t22?,23-,25+,26-,27-,28+,29+,34-/m0/s1. The van der Waals surface area contributed by atoms with Gasteiger partial charge in [0.15, 0.2) is 0 Å². The number of ether oxygens (including phenoxy) is 3. The van der Waals surface area contributed by atoms with Gasteiger partial charge in [0.1, 0.15) is 17.7 Å². The van der Waals surface area contributed by atoms with Crippen LogP contribution in [0, 0.1) is 11.8 Å². The van der Waals surface area contributed by atoms with Gasteiger partial charge in [-0.05, 0) is 39.2 Å². The third kappa shape index (κ3) is 6.81. The SMILES string of the molecule is C=CCCC(=O)N[C@@H](COC)[C@@H](OC(=O)[C@H]1[C@@H]2O[C@@]3(CC2Br)[C@@H]1C(=O)N(CCO)[C@@H]3C(=O)N(CC=C)C(C)(C)C)c1ccccc1. The molecule has 4 rings (SSSR count). The minimum absolute atomic E-state index is 0.0530. The van der Waals surface area contributed by atoms with Crippen LogP contribution in [0.4, 0.5) is 0 Å². The largest absolute Gasteiger partial charge is 0.455 e. The summed E-state index contributed by atoms with van der Waals surface area (Å²) >= 11 is 3.68. The van der Waals surface area contributed by atoms with Crippen LogP contribution in [-0.2, 0) is 33.4 Å². The number of esters is 1. The second-order valence-corrected chi connectivity index (χ2v) is 14.2. The predicted molar refractivity (Wildman–Crippen MR) is 175 cm³/mol. The van der Waals surface area contributed by atoms with Crippen molar-refractivity contribution in [1.82, 2.24) is 15.1 Å². The van der Waals surface area contributed by atoms with Crippen LogP contribution in [0.25, 0.3) is 0 Å². The average Bonchev–Trinajstić information content (AvgIpc) is 3.60. The van der Waals surface area contributed by atoms with Crippen molar-refractivity contribution >= 4 is 39.6 Å². The minimum Gasteiger partial charge on any atom is -0.455 e. The number of likely N-dealkylation sites (tertiary alicyclic amines) is 1. The number of carbonyl (C=O) groups is 4. The molecule has 46 heavy (non-hydrogen) atoms. The first-order valence-corrected chi connectivity index (χ1v) is 16.6. The normalized spacial score (nSPS) is 27.9. The number of β-amino-alcohol motifs (C(OH)–C–C–N with tert-alkyl or cyclic N) is 1. The molecule has 0 aliphatic carbocycles. The predicted octanol–water partition coefficient (Wildman–Crippen LogP) is 2.92. The van der Waals surface area contributed by atoms with Crippen molar-refractivity contribution in [2.45, 2.75) is 80.3 Å². The molecule has 12 heteroatoms. The van der Waals surface area contributed by atoms with Crippen LogP contribution in [0.2, 0.25) is 0 Å². The molecule has 3 aliphatic rings. The maximum Gasteiger partial charge on any atom is 0.313 e. The van der Waals surface area contributed by atoms with Crippen molar-refractivity contribution in [3.8, 4) is 0 Å². The molecule has 2 bridgehead atoms. The van der Waals surface area contributed by atoms with E-state index in [0.29, 0.717) is 18.4 Å². The number of hydrogen-bond acceptors (Lipinski definition) is 8. The number of aliphatic hydroxyl groups is 1. The topological polar surface area (TPSA) is 135 Å². The number of amides is 3. The van der Waals surface area contributed by atoms with Gasteiger partial charge < -0.3 is 34.4 Å². The zero-order valence-electron chi connectivity index (χ0n) is 27.0. The molecule has 1 aromatic rings. The summed E-state index contributed by atoms with van der Waals surface area (Å²) in [6.45, 7) is 13.0. The van der Waals surface area contributed by atoms with E-state index in [-0.39, 0.29) is 49.4 Å². The molecule has 3 amide bonds. The van der Waals surface area contributed by atoms with E-state index in [0.717, 1.165) is 0 Å². The molecule has 1 aromatic carbocycles. The average molecular weight is 705 g/mol. The van der Waals surface area contributed by atoms with Crippen LogP contribution in [0.5, 0.6) is 0 Å². The Balaban J connectivity index is 1.72. The highest BCUT2D eigenvalue weighted by Crippen LogP contribution is 2.60. The summed E-state index contributed by atoms with van der Waals surface area (Å²) in [5.41, 5.74) is -1.29. The van der Waals surface area contributed by atoms with Crippen LogP contribution < -0.4 is 5.32 Å². The van der Waals surface area contributed by atoms with E-state index < -0.39 is 59.1 Å². The molecule has 1 unspecified atom stereocenters. The monoisotopic (exact) mass is 703 g/mol. The quantitative estimate of drug-likeness (QED) is 0.162. The number of nitrogens with zero attached hydrogens (tertiary/aromatic N) is 2. The number of rotatable bonds is 15. The third-order valence-corrected chi connectivity index (χ3v) is 9.87. The Morgan fingerprint density at radius 2 is 1.93 bits per heavy atom. The molecule has 3 heterocycles. The van der Waals surface area contributed by atoms with Crippen molar-refractivity contribution < 1.29 is 38.5 Å². The van der Waals surface area contributed by atoms with Crippen molar-refractivity contribution in [2.75, 3.05) is 33.4 Å². The van der Waals surface area contributed by atoms with E-state index in [4.69, 9.17) is 14.2 Å². The van der Waals surface area contributed by atoms with Crippen LogP contribution in [-0.4, -0.2) is 106 Å². The minimum atomic E-state index is -1.32. The number of allylic oxidation sites excluding steroid dienone is 1. The highest BCUT2D eigenvalue weighted by Gasteiger charge is 2.77. The fourth-order valence-electron chi connectivity index (χ4n) is 7.12. The lowest BCUT2D eigenvalue weighted by Crippen LogP contribution is -2.60. The Bertz CT molecular complexity index is 1300. The number of halogens is 1. The molecule has 2 N–H and O–H groups in total. The zero-order valence-corrected chi connectivity index (χ0v) is 28.6. The smallest absolute Gasteiger partial charge is 0.313 e. The maximum atomic E-state index is 14.4. The highest BCUT2D eigenvalue weighted by atomic mass is 79.9. The molecule has 11 nitrogen and oxygen atoms in total. The molecular formula is C34H46BrN3O8. The molecule has 1 spiro atoms. The summed E-state index contributed by atoms with van der Waals surface area (Å²) in [6.07, 6.45) is 2.58. The molecule has 0 aromatic heterocycles. The number of carbonyl (C=O) groups excluding carboxylic acids is 4. The lowest BCUT2D eigenvalue weighted by atomic mass is 9.70. The first kappa shape index (κ1) is 35.8.